The standard InChI is InChI=1S/C19H23N5O3S/c1-23-8-7-20-18(23)12-24-9-10-27-13-17(24)19-21-11-16(22-19)14-3-5-15(6-4-14)28(2,25)26/h3-8,11,17H,9-10,12-13H2,1-2H3,(H,21,22)/t17-/m0/s1. The van der Waals surface area contributed by atoms with E-state index < -0.39 is 9.84 Å². The molecule has 0 spiro atoms. The van der Waals surface area contributed by atoms with Crippen LogP contribution in [0.25, 0.3) is 11.3 Å². The third kappa shape index (κ3) is 3.87. The summed E-state index contributed by atoms with van der Waals surface area (Å²) in [6.07, 6.45) is 6.72. The Labute approximate surface area is 164 Å². The predicted molar refractivity (Wildman–Crippen MR) is 104 cm³/mol. The summed E-state index contributed by atoms with van der Waals surface area (Å²) in [5.41, 5.74) is 1.73. The zero-order valence-electron chi connectivity index (χ0n) is 15.9. The molecule has 4 rings (SSSR count). The molecule has 1 aliphatic rings. The van der Waals surface area contributed by atoms with E-state index in [9.17, 15) is 8.42 Å². The normalized spacial score (nSPS) is 18.4. The Hall–Kier alpha value is -2.49. The van der Waals surface area contributed by atoms with Gasteiger partial charge in [0.15, 0.2) is 9.84 Å². The van der Waals surface area contributed by atoms with Gasteiger partial charge in [0, 0.05) is 32.2 Å². The molecule has 1 saturated heterocycles. The van der Waals surface area contributed by atoms with Crippen LogP contribution >= 0.6 is 0 Å². The van der Waals surface area contributed by atoms with Gasteiger partial charge in [-0.05, 0) is 17.7 Å². The molecule has 0 radical (unpaired) electrons. The number of rotatable bonds is 5. The Balaban J connectivity index is 1.56. The molecular formula is C19H23N5O3S. The highest BCUT2D eigenvalue weighted by molar-refractivity contribution is 7.90. The fourth-order valence-corrected chi connectivity index (χ4v) is 3.97. The first-order valence-corrected chi connectivity index (χ1v) is 10.9. The molecule has 3 aromatic rings. The Morgan fingerprint density at radius 2 is 2.04 bits per heavy atom. The molecule has 8 nitrogen and oxygen atoms in total. The van der Waals surface area contributed by atoms with Crippen LogP contribution < -0.4 is 0 Å². The zero-order chi connectivity index (χ0) is 19.7. The minimum Gasteiger partial charge on any atom is -0.378 e. The third-order valence-corrected chi connectivity index (χ3v) is 6.14. The van der Waals surface area contributed by atoms with Crippen LogP contribution in [0.4, 0.5) is 0 Å². The number of benzene rings is 1. The van der Waals surface area contributed by atoms with E-state index in [0.29, 0.717) is 18.1 Å². The maximum atomic E-state index is 11.6. The molecule has 1 aromatic carbocycles. The number of morpholine rings is 1. The second-order valence-electron chi connectivity index (χ2n) is 6.99. The van der Waals surface area contributed by atoms with Crippen molar-refractivity contribution in [1.82, 2.24) is 24.4 Å². The highest BCUT2D eigenvalue weighted by Gasteiger charge is 2.28. The van der Waals surface area contributed by atoms with Gasteiger partial charge in [-0.2, -0.15) is 0 Å². The van der Waals surface area contributed by atoms with Crippen LogP contribution in [-0.2, 0) is 28.2 Å². The van der Waals surface area contributed by atoms with Gasteiger partial charge in [-0.15, -0.1) is 0 Å². The highest BCUT2D eigenvalue weighted by atomic mass is 32.2. The van der Waals surface area contributed by atoms with Crippen LogP contribution in [0, 0.1) is 0 Å². The van der Waals surface area contributed by atoms with E-state index in [2.05, 4.69) is 19.9 Å². The summed E-state index contributed by atoms with van der Waals surface area (Å²) in [7, 11) is -1.22. The molecule has 0 aliphatic carbocycles. The molecule has 1 fully saturated rings. The van der Waals surface area contributed by atoms with Crippen LogP contribution in [0.1, 0.15) is 17.7 Å². The first-order chi connectivity index (χ1) is 13.4. The Morgan fingerprint density at radius 3 is 2.71 bits per heavy atom. The summed E-state index contributed by atoms with van der Waals surface area (Å²) in [6.45, 7) is 2.76. The van der Waals surface area contributed by atoms with Crippen molar-refractivity contribution in [3.63, 3.8) is 0 Å². The largest absolute Gasteiger partial charge is 0.378 e. The quantitative estimate of drug-likeness (QED) is 0.701. The van der Waals surface area contributed by atoms with Gasteiger partial charge in [0.25, 0.3) is 0 Å². The lowest BCUT2D eigenvalue weighted by Crippen LogP contribution is -2.40. The number of nitrogens with zero attached hydrogens (tertiary/aromatic N) is 4. The Kier molecular flexibility index (Phi) is 5.05. The van der Waals surface area contributed by atoms with E-state index in [-0.39, 0.29) is 6.04 Å². The monoisotopic (exact) mass is 401 g/mol. The maximum absolute atomic E-state index is 11.6. The van der Waals surface area contributed by atoms with Gasteiger partial charge in [0.05, 0.1) is 42.6 Å². The summed E-state index contributed by atoms with van der Waals surface area (Å²) < 4.78 is 31.0. The van der Waals surface area contributed by atoms with Crippen LogP contribution in [0.2, 0.25) is 0 Å². The number of imidazole rings is 2. The van der Waals surface area contributed by atoms with Gasteiger partial charge in [-0.3, -0.25) is 4.90 Å². The number of aryl methyl sites for hydroxylation is 1. The summed E-state index contributed by atoms with van der Waals surface area (Å²) in [5.74, 6) is 1.83. The first-order valence-electron chi connectivity index (χ1n) is 9.05. The molecular weight excluding hydrogens is 378 g/mol. The summed E-state index contributed by atoms with van der Waals surface area (Å²) in [6, 6.07) is 6.81. The topological polar surface area (TPSA) is 93.1 Å². The van der Waals surface area contributed by atoms with Crippen molar-refractivity contribution in [2.45, 2.75) is 17.5 Å². The van der Waals surface area contributed by atoms with Gasteiger partial charge < -0.3 is 14.3 Å². The zero-order valence-corrected chi connectivity index (χ0v) is 16.7. The fraction of sp³-hybridized carbons (Fsp3) is 0.368. The van der Waals surface area contributed by atoms with Gasteiger partial charge in [0.1, 0.15) is 11.6 Å². The number of ether oxygens (including phenoxy) is 1. The Morgan fingerprint density at radius 1 is 1.25 bits per heavy atom. The molecule has 1 N–H and O–H groups in total. The molecule has 2 aromatic heterocycles. The molecule has 0 saturated carbocycles. The highest BCUT2D eigenvalue weighted by Crippen LogP contribution is 2.26. The van der Waals surface area contributed by atoms with E-state index in [1.165, 1.54) is 6.26 Å². The second kappa shape index (κ2) is 7.50. The lowest BCUT2D eigenvalue weighted by molar-refractivity contribution is -0.0170. The van der Waals surface area contributed by atoms with Crippen molar-refractivity contribution in [3.05, 3.63) is 54.5 Å². The molecule has 148 valence electrons. The number of aromatic nitrogens is 4. The molecule has 9 heteroatoms. The van der Waals surface area contributed by atoms with Gasteiger partial charge >= 0.3 is 0 Å². The number of hydrogen-bond donors (Lipinski definition) is 1. The molecule has 0 unspecified atom stereocenters. The van der Waals surface area contributed by atoms with Crippen molar-refractivity contribution in [1.29, 1.82) is 0 Å². The van der Waals surface area contributed by atoms with Crippen LogP contribution in [-0.4, -0.2) is 58.9 Å². The number of hydrogen-bond acceptors (Lipinski definition) is 6. The second-order valence-corrected chi connectivity index (χ2v) is 9.01. The molecule has 1 aliphatic heterocycles. The van der Waals surface area contributed by atoms with E-state index in [4.69, 9.17) is 4.74 Å². The lowest BCUT2D eigenvalue weighted by Gasteiger charge is -2.34. The molecule has 28 heavy (non-hydrogen) atoms. The van der Waals surface area contributed by atoms with E-state index >= 15 is 0 Å². The smallest absolute Gasteiger partial charge is 0.175 e. The first kappa shape index (κ1) is 18.9. The number of sulfone groups is 1. The third-order valence-electron chi connectivity index (χ3n) is 5.01. The SMILES string of the molecule is Cn1ccnc1CN1CCOC[C@H]1c1ncc(-c2ccc(S(C)(=O)=O)cc2)[nH]1. The minimum absolute atomic E-state index is 0.00879. The van der Waals surface area contributed by atoms with Gasteiger partial charge in [-0.1, -0.05) is 12.1 Å². The van der Waals surface area contributed by atoms with Crippen LogP contribution in [0.15, 0.2) is 47.8 Å². The number of aromatic amines is 1. The predicted octanol–water partition coefficient (Wildman–Crippen LogP) is 1.79. The summed E-state index contributed by atoms with van der Waals surface area (Å²) in [4.78, 5) is 15.0. The average molecular weight is 401 g/mol. The fourth-order valence-electron chi connectivity index (χ4n) is 3.34. The summed E-state index contributed by atoms with van der Waals surface area (Å²) in [5, 5.41) is 0. The van der Waals surface area contributed by atoms with Gasteiger partial charge in [0.2, 0.25) is 0 Å². The van der Waals surface area contributed by atoms with E-state index in [0.717, 1.165) is 36.0 Å². The van der Waals surface area contributed by atoms with E-state index in [1.807, 2.05) is 17.8 Å². The average Bonchev–Trinajstić information content (AvgIpc) is 3.31. The molecule has 1 atom stereocenters. The maximum Gasteiger partial charge on any atom is 0.175 e. The molecule has 0 bridgehead atoms. The van der Waals surface area contributed by atoms with Crippen molar-refractivity contribution in [3.8, 4) is 11.3 Å². The van der Waals surface area contributed by atoms with Crippen LogP contribution in [0.3, 0.4) is 0 Å². The number of H-pyrrole nitrogens is 1. The number of nitrogens with one attached hydrogen (secondary N) is 1. The van der Waals surface area contributed by atoms with Crippen molar-refractivity contribution in [2.75, 3.05) is 26.0 Å². The van der Waals surface area contributed by atoms with Gasteiger partial charge in [-0.25, -0.2) is 18.4 Å². The van der Waals surface area contributed by atoms with Crippen LogP contribution in [0.5, 0.6) is 0 Å². The summed E-state index contributed by atoms with van der Waals surface area (Å²) >= 11 is 0. The molecule has 0 amide bonds. The molecule has 3 heterocycles. The van der Waals surface area contributed by atoms with Crippen molar-refractivity contribution in [2.24, 2.45) is 7.05 Å². The lowest BCUT2D eigenvalue weighted by atomic mass is 10.2. The Bertz CT molecular complexity index is 1060. The minimum atomic E-state index is -3.21. The van der Waals surface area contributed by atoms with Crippen molar-refractivity contribution >= 4 is 9.84 Å². The van der Waals surface area contributed by atoms with Crippen molar-refractivity contribution < 1.29 is 13.2 Å². The van der Waals surface area contributed by atoms with E-state index in [1.54, 1.807) is 36.7 Å².